The number of nitrogens with zero attached hydrogens (tertiary/aromatic N) is 1. The van der Waals surface area contributed by atoms with Crippen molar-refractivity contribution in [3.05, 3.63) is 23.8 Å². The van der Waals surface area contributed by atoms with E-state index in [1.54, 1.807) is 0 Å². The smallest absolute Gasteiger partial charge is 0.238 e. The molecule has 2 rings (SSSR count). The second-order valence-corrected chi connectivity index (χ2v) is 6.32. The predicted octanol–water partition coefficient (Wildman–Crippen LogP) is 1.97. The third kappa shape index (κ3) is 5.94. The summed E-state index contributed by atoms with van der Waals surface area (Å²) >= 11 is 0. The van der Waals surface area contributed by atoms with E-state index >= 15 is 0 Å². The van der Waals surface area contributed by atoms with Crippen LogP contribution in [0.1, 0.15) is 31.2 Å². The largest absolute Gasteiger partial charge is 0.326 e. The van der Waals surface area contributed by atoms with Crippen LogP contribution in [0.4, 0.5) is 11.4 Å². The van der Waals surface area contributed by atoms with Gasteiger partial charge in [-0.25, -0.2) is 0 Å². The molecule has 0 radical (unpaired) electrons. The van der Waals surface area contributed by atoms with Gasteiger partial charge in [-0.15, -0.1) is 0 Å². The van der Waals surface area contributed by atoms with Gasteiger partial charge in [0.15, 0.2) is 0 Å². The first-order chi connectivity index (χ1) is 11.6. The van der Waals surface area contributed by atoms with Gasteiger partial charge in [0, 0.05) is 24.3 Å². The number of hydrogen-bond donors (Lipinski definition) is 3. The molecule has 0 unspecified atom stereocenters. The van der Waals surface area contributed by atoms with Gasteiger partial charge >= 0.3 is 0 Å². The zero-order chi connectivity index (χ0) is 17.4. The van der Waals surface area contributed by atoms with Crippen LogP contribution >= 0.6 is 0 Å². The zero-order valence-corrected chi connectivity index (χ0v) is 14.7. The maximum Gasteiger partial charge on any atom is 0.238 e. The van der Waals surface area contributed by atoms with Crippen LogP contribution in [0.15, 0.2) is 18.2 Å². The van der Waals surface area contributed by atoms with Gasteiger partial charge in [-0.05, 0) is 57.6 Å². The minimum Gasteiger partial charge on any atom is -0.326 e. The van der Waals surface area contributed by atoms with Crippen molar-refractivity contribution in [2.45, 2.75) is 32.6 Å². The highest BCUT2D eigenvalue weighted by molar-refractivity contribution is 5.95. The van der Waals surface area contributed by atoms with Crippen molar-refractivity contribution >= 4 is 23.2 Å². The molecule has 1 saturated heterocycles. The van der Waals surface area contributed by atoms with Crippen LogP contribution in [0.2, 0.25) is 0 Å². The molecule has 1 aliphatic rings. The molecule has 0 atom stereocenters. The summed E-state index contributed by atoms with van der Waals surface area (Å²) in [4.78, 5) is 26.3. The van der Waals surface area contributed by atoms with Gasteiger partial charge in [-0.2, -0.15) is 0 Å². The molecule has 6 heteroatoms. The standard InChI is InChI=1S/C18H28N4O2/c1-14-6-7-15(20-17(23)8-9-19-2)12-16(14)21-18(24)13-22-10-4-3-5-11-22/h6-7,12,19H,3-5,8-11,13H2,1-2H3,(H,20,23)(H,21,24). The van der Waals surface area contributed by atoms with Crippen LogP contribution in [0, 0.1) is 6.92 Å². The van der Waals surface area contributed by atoms with Gasteiger partial charge in [-0.3, -0.25) is 14.5 Å². The van der Waals surface area contributed by atoms with Crippen molar-refractivity contribution in [1.29, 1.82) is 0 Å². The number of nitrogens with one attached hydrogen (secondary N) is 3. The highest BCUT2D eigenvalue weighted by Crippen LogP contribution is 2.20. The molecule has 0 bridgehead atoms. The number of amides is 2. The Morgan fingerprint density at radius 2 is 1.83 bits per heavy atom. The molecule has 1 heterocycles. The number of hydrogen-bond acceptors (Lipinski definition) is 4. The third-order valence-electron chi connectivity index (χ3n) is 4.21. The lowest BCUT2D eigenvalue weighted by Gasteiger charge is -2.25. The zero-order valence-electron chi connectivity index (χ0n) is 14.7. The highest BCUT2D eigenvalue weighted by Gasteiger charge is 2.14. The molecule has 24 heavy (non-hydrogen) atoms. The number of aryl methyl sites for hydroxylation is 1. The van der Waals surface area contributed by atoms with Crippen molar-refractivity contribution in [3.63, 3.8) is 0 Å². The Kier molecular flexibility index (Phi) is 7.21. The molecule has 3 N–H and O–H groups in total. The van der Waals surface area contributed by atoms with Crippen LogP contribution in [0.25, 0.3) is 0 Å². The highest BCUT2D eigenvalue weighted by atomic mass is 16.2. The monoisotopic (exact) mass is 332 g/mol. The van der Waals surface area contributed by atoms with Crippen molar-refractivity contribution < 1.29 is 9.59 Å². The molecule has 0 saturated carbocycles. The number of piperidine rings is 1. The Labute approximate surface area is 144 Å². The minimum atomic E-state index is -0.0428. The number of likely N-dealkylation sites (tertiary alicyclic amines) is 1. The minimum absolute atomic E-state index is 0.00124. The Morgan fingerprint density at radius 3 is 2.54 bits per heavy atom. The van der Waals surface area contributed by atoms with Crippen molar-refractivity contribution in [1.82, 2.24) is 10.2 Å². The van der Waals surface area contributed by atoms with Crippen molar-refractivity contribution in [3.8, 4) is 0 Å². The quantitative estimate of drug-likeness (QED) is 0.714. The molecule has 0 spiro atoms. The van der Waals surface area contributed by atoms with E-state index in [0.29, 0.717) is 25.2 Å². The normalized spacial score (nSPS) is 15.1. The van der Waals surface area contributed by atoms with Gasteiger partial charge in [0.2, 0.25) is 11.8 Å². The first kappa shape index (κ1) is 18.4. The summed E-state index contributed by atoms with van der Waals surface area (Å²) in [5.74, 6) is -0.0440. The Bertz CT molecular complexity index is 568. The first-order valence-electron chi connectivity index (χ1n) is 8.66. The van der Waals surface area contributed by atoms with Crippen LogP contribution < -0.4 is 16.0 Å². The average Bonchev–Trinajstić information content (AvgIpc) is 2.57. The van der Waals surface area contributed by atoms with E-state index in [1.807, 2.05) is 32.2 Å². The number of anilines is 2. The van der Waals surface area contributed by atoms with Crippen molar-refractivity contribution in [2.24, 2.45) is 0 Å². The summed E-state index contributed by atoms with van der Waals surface area (Å²) < 4.78 is 0. The first-order valence-corrected chi connectivity index (χ1v) is 8.66. The lowest BCUT2D eigenvalue weighted by atomic mass is 10.1. The van der Waals surface area contributed by atoms with Gasteiger partial charge in [-0.1, -0.05) is 12.5 Å². The number of rotatable bonds is 7. The van der Waals surface area contributed by atoms with E-state index in [2.05, 4.69) is 20.9 Å². The summed E-state index contributed by atoms with van der Waals surface area (Å²) in [6.07, 6.45) is 4.01. The van der Waals surface area contributed by atoms with E-state index in [-0.39, 0.29) is 11.8 Å². The molecular weight excluding hydrogens is 304 g/mol. The molecule has 132 valence electrons. The maximum absolute atomic E-state index is 12.3. The van der Waals surface area contributed by atoms with Crippen LogP contribution in [-0.4, -0.2) is 49.9 Å². The Morgan fingerprint density at radius 1 is 1.08 bits per heavy atom. The molecule has 6 nitrogen and oxygen atoms in total. The summed E-state index contributed by atoms with van der Waals surface area (Å²) in [7, 11) is 1.81. The molecule has 0 aromatic heterocycles. The van der Waals surface area contributed by atoms with Gasteiger partial charge in [0.25, 0.3) is 0 Å². The summed E-state index contributed by atoms with van der Waals surface area (Å²) in [5.41, 5.74) is 2.44. The second kappa shape index (κ2) is 9.39. The van der Waals surface area contributed by atoms with E-state index in [0.717, 1.165) is 24.3 Å². The molecular formula is C18H28N4O2. The molecule has 1 aromatic rings. The summed E-state index contributed by atoms with van der Waals surface area (Å²) in [6.45, 7) is 5.00. The van der Waals surface area contributed by atoms with Gasteiger partial charge in [0.05, 0.1) is 6.54 Å². The van der Waals surface area contributed by atoms with Gasteiger partial charge in [0.1, 0.15) is 0 Å². The molecule has 2 amide bonds. The molecule has 0 aliphatic carbocycles. The SMILES string of the molecule is CNCCC(=O)Nc1ccc(C)c(NC(=O)CN2CCCCC2)c1. The van der Waals surface area contributed by atoms with E-state index in [9.17, 15) is 9.59 Å². The molecule has 1 fully saturated rings. The third-order valence-corrected chi connectivity index (χ3v) is 4.21. The lowest BCUT2D eigenvalue weighted by Crippen LogP contribution is -2.36. The van der Waals surface area contributed by atoms with E-state index in [1.165, 1.54) is 19.3 Å². The summed E-state index contributed by atoms with van der Waals surface area (Å²) in [5, 5.41) is 8.78. The topological polar surface area (TPSA) is 73.5 Å². The van der Waals surface area contributed by atoms with E-state index in [4.69, 9.17) is 0 Å². The van der Waals surface area contributed by atoms with Crippen LogP contribution in [0.5, 0.6) is 0 Å². The number of carbonyl (C=O) groups is 2. The maximum atomic E-state index is 12.3. The number of benzene rings is 1. The Hall–Kier alpha value is -1.92. The van der Waals surface area contributed by atoms with Crippen molar-refractivity contribution in [2.75, 3.05) is 43.9 Å². The molecule has 1 aromatic carbocycles. The fraction of sp³-hybridized carbons (Fsp3) is 0.556. The summed E-state index contributed by atoms with van der Waals surface area (Å²) in [6, 6.07) is 5.58. The average molecular weight is 332 g/mol. The number of carbonyl (C=O) groups excluding carboxylic acids is 2. The molecule has 1 aliphatic heterocycles. The van der Waals surface area contributed by atoms with E-state index < -0.39 is 0 Å². The fourth-order valence-corrected chi connectivity index (χ4v) is 2.81. The second-order valence-electron chi connectivity index (χ2n) is 6.32. The predicted molar refractivity (Wildman–Crippen MR) is 97.3 cm³/mol. The van der Waals surface area contributed by atoms with Crippen LogP contribution in [-0.2, 0) is 9.59 Å². The fourth-order valence-electron chi connectivity index (χ4n) is 2.81. The lowest BCUT2D eigenvalue weighted by molar-refractivity contribution is -0.117. The Balaban J connectivity index is 1.92. The van der Waals surface area contributed by atoms with Crippen LogP contribution in [0.3, 0.4) is 0 Å². The van der Waals surface area contributed by atoms with Gasteiger partial charge < -0.3 is 16.0 Å².